The molecule has 0 unspecified atom stereocenters. The van der Waals surface area contributed by atoms with Crippen LogP contribution < -0.4 is 10.1 Å². The van der Waals surface area contributed by atoms with Crippen molar-refractivity contribution in [2.75, 3.05) is 25.5 Å². The van der Waals surface area contributed by atoms with Crippen LogP contribution >= 0.6 is 0 Å². The normalized spacial score (nSPS) is 15.3. The summed E-state index contributed by atoms with van der Waals surface area (Å²) < 4.78 is 5.30. The number of nitro benzene ring substituents is 1. The highest BCUT2D eigenvalue weighted by Crippen LogP contribution is 2.33. The lowest BCUT2D eigenvalue weighted by Crippen LogP contribution is -2.38. The van der Waals surface area contributed by atoms with Crippen LogP contribution in [0.2, 0.25) is 0 Å². The number of hydrogen-bond donors (Lipinski definition) is 1. The zero-order valence-electron chi connectivity index (χ0n) is 16.4. The Morgan fingerprint density at radius 1 is 1.21 bits per heavy atom. The van der Waals surface area contributed by atoms with Crippen LogP contribution in [0.3, 0.4) is 0 Å². The van der Waals surface area contributed by atoms with E-state index in [4.69, 9.17) is 4.74 Å². The number of nitro groups is 1. The topological polar surface area (TPSA) is 80.5 Å². The Morgan fingerprint density at radius 2 is 2.03 bits per heavy atom. The first-order valence-corrected chi connectivity index (χ1v) is 9.78. The highest BCUT2D eigenvalue weighted by atomic mass is 16.6. The molecule has 0 aliphatic carbocycles. The summed E-state index contributed by atoms with van der Waals surface area (Å²) in [5.74, 6) is 0.872. The number of fused-ring (bicyclic) bond motifs is 1. The minimum atomic E-state index is -0.315. The van der Waals surface area contributed by atoms with Gasteiger partial charge in [0.2, 0.25) is 0 Å². The van der Waals surface area contributed by atoms with E-state index in [1.165, 1.54) is 5.56 Å². The van der Waals surface area contributed by atoms with Gasteiger partial charge in [0.05, 0.1) is 22.9 Å². The number of ether oxygens (including phenoxy) is 1. The second-order valence-corrected chi connectivity index (χ2v) is 7.34. The summed E-state index contributed by atoms with van der Waals surface area (Å²) in [4.78, 5) is 18.0. The van der Waals surface area contributed by atoms with Crippen molar-refractivity contribution in [3.8, 4) is 5.75 Å². The van der Waals surface area contributed by atoms with Gasteiger partial charge in [-0.15, -0.1) is 0 Å². The lowest BCUT2D eigenvalue weighted by atomic mass is 10.0. The van der Waals surface area contributed by atoms with Crippen LogP contribution in [0, 0.1) is 10.1 Å². The molecule has 1 N–H and O–H groups in total. The highest BCUT2D eigenvalue weighted by Gasteiger charge is 2.24. The third kappa shape index (κ3) is 4.30. The Labute approximate surface area is 169 Å². The van der Waals surface area contributed by atoms with Crippen molar-refractivity contribution < 1.29 is 9.66 Å². The van der Waals surface area contributed by atoms with E-state index in [1.54, 1.807) is 31.5 Å². The van der Waals surface area contributed by atoms with Gasteiger partial charge in [-0.25, -0.2) is 0 Å². The van der Waals surface area contributed by atoms with Gasteiger partial charge in [0, 0.05) is 31.9 Å². The summed E-state index contributed by atoms with van der Waals surface area (Å²) in [6.07, 6.45) is 3.52. The molecule has 4 rings (SSSR count). The average Bonchev–Trinajstić information content (AvgIpc) is 2.75. The molecule has 1 aromatic heterocycles. The van der Waals surface area contributed by atoms with Crippen molar-refractivity contribution in [2.45, 2.75) is 25.4 Å². The Balaban J connectivity index is 1.42. The Morgan fingerprint density at radius 3 is 2.79 bits per heavy atom. The number of aromatic nitrogens is 1. The summed E-state index contributed by atoms with van der Waals surface area (Å²) in [5, 5.41) is 15.7. The van der Waals surface area contributed by atoms with Gasteiger partial charge in [0.1, 0.15) is 11.4 Å². The summed E-state index contributed by atoms with van der Waals surface area (Å²) in [6.45, 7) is 2.77. The average molecular weight is 392 g/mol. The largest absolute Gasteiger partial charge is 0.497 e. The standard InChI is InChI=1S/C22H24N4O3/c1-29-18-5-2-4-16(14-18)15-25-12-9-17(10-13-25)24-21-8-7-20-19(6-3-11-23-20)22(21)26(27)28/h2-8,11,14,17,24H,9-10,12-13,15H2,1H3. The Kier molecular flexibility index (Phi) is 5.57. The molecular weight excluding hydrogens is 368 g/mol. The van der Waals surface area contributed by atoms with Crippen LogP contribution in [0.25, 0.3) is 10.9 Å². The molecule has 0 spiro atoms. The SMILES string of the molecule is COc1cccc(CN2CCC(Nc3ccc4ncccc4c3[N+](=O)[O-])CC2)c1. The maximum absolute atomic E-state index is 11.7. The third-order valence-electron chi connectivity index (χ3n) is 5.43. The molecule has 1 fully saturated rings. The Hall–Kier alpha value is -3.19. The molecule has 0 atom stereocenters. The van der Waals surface area contributed by atoms with Crippen LogP contribution in [0.15, 0.2) is 54.7 Å². The number of nitrogens with zero attached hydrogens (tertiary/aromatic N) is 3. The molecule has 0 radical (unpaired) electrons. The van der Waals surface area contributed by atoms with Crippen molar-refractivity contribution >= 4 is 22.3 Å². The second-order valence-electron chi connectivity index (χ2n) is 7.34. The van der Waals surface area contributed by atoms with E-state index in [2.05, 4.69) is 27.3 Å². The first-order chi connectivity index (χ1) is 14.1. The fourth-order valence-corrected chi connectivity index (χ4v) is 3.93. The molecule has 1 aliphatic heterocycles. The van der Waals surface area contributed by atoms with Crippen molar-refractivity contribution in [3.05, 3.63) is 70.4 Å². The maximum atomic E-state index is 11.7. The van der Waals surface area contributed by atoms with Crippen LogP contribution in [0.5, 0.6) is 5.75 Å². The molecule has 2 heterocycles. The number of nitrogens with one attached hydrogen (secondary N) is 1. The van der Waals surface area contributed by atoms with E-state index in [0.717, 1.165) is 38.2 Å². The fourth-order valence-electron chi connectivity index (χ4n) is 3.93. The van der Waals surface area contributed by atoms with Gasteiger partial charge in [0.25, 0.3) is 0 Å². The Bertz CT molecular complexity index is 1020. The molecule has 1 aliphatic rings. The molecule has 29 heavy (non-hydrogen) atoms. The smallest absolute Gasteiger partial charge is 0.301 e. The van der Waals surface area contributed by atoms with Gasteiger partial charge in [0.15, 0.2) is 0 Å². The third-order valence-corrected chi connectivity index (χ3v) is 5.43. The van der Waals surface area contributed by atoms with Crippen molar-refractivity contribution in [3.63, 3.8) is 0 Å². The minimum Gasteiger partial charge on any atom is -0.497 e. The molecule has 0 amide bonds. The summed E-state index contributed by atoms with van der Waals surface area (Å²) in [7, 11) is 1.68. The number of piperidine rings is 1. The van der Waals surface area contributed by atoms with Crippen molar-refractivity contribution in [2.24, 2.45) is 0 Å². The van der Waals surface area contributed by atoms with E-state index in [9.17, 15) is 10.1 Å². The molecule has 0 saturated carbocycles. The van der Waals surface area contributed by atoms with Crippen LogP contribution in [0.1, 0.15) is 18.4 Å². The van der Waals surface area contributed by atoms with Gasteiger partial charge in [-0.1, -0.05) is 12.1 Å². The van der Waals surface area contributed by atoms with E-state index < -0.39 is 0 Å². The van der Waals surface area contributed by atoms with Crippen molar-refractivity contribution in [1.82, 2.24) is 9.88 Å². The lowest BCUT2D eigenvalue weighted by Gasteiger charge is -2.32. The maximum Gasteiger partial charge on any atom is 0.301 e. The zero-order chi connectivity index (χ0) is 20.2. The molecule has 0 bridgehead atoms. The number of hydrogen-bond acceptors (Lipinski definition) is 6. The van der Waals surface area contributed by atoms with E-state index in [0.29, 0.717) is 16.6 Å². The number of benzene rings is 2. The number of rotatable bonds is 6. The summed E-state index contributed by atoms with van der Waals surface area (Å²) in [5.41, 5.74) is 2.54. The molecule has 7 heteroatoms. The molecule has 2 aromatic carbocycles. The first-order valence-electron chi connectivity index (χ1n) is 9.78. The minimum absolute atomic E-state index is 0.106. The monoisotopic (exact) mass is 392 g/mol. The summed E-state index contributed by atoms with van der Waals surface area (Å²) >= 11 is 0. The predicted octanol–water partition coefficient (Wildman–Crippen LogP) is 4.23. The fraction of sp³-hybridized carbons (Fsp3) is 0.318. The van der Waals surface area contributed by atoms with Gasteiger partial charge < -0.3 is 10.1 Å². The number of likely N-dealkylation sites (tertiary alicyclic amines) is 1. The number of pyridine rings is 1. The van der Waals surface area contributed by atoms with Crippen LogP contribution in [0.4, 0.5) is 11.4 Å². The van der Waals surface area contributed by atoms with E-state index >= 15 is 0 Å². The number of methoxy groups -OCH3 is 1. The lowest BCUT2D eigenvalue weighted by molar-refractivity contribution is -0.382. The number of anilines is 1. The molecule has 3 aromatic rings. The first kappa shape index (κ1) is 19.1. The quantitative estimate of drug-likeness (QED) is 0.499. The second kappa shape index (κ2) is 8.45. The van der Waals surface area contributed by atoms with Crippen LogP contribution in [-0.4, -0.2) is 41.0 Å². The van der Waals surface area contributed by atoms with Gasteiger partial charge in [-0.3, -0.25) is 20.0 Å². The van der Waals surface area contributed by atoms with Crippen molar-refractivity contribution in [1.29, 1.82) is 0 Å². The zero-order valence-corrected chi connectivity index (χ0v) is 16.4. The molecule has 7 nitrogen and oxygen atoms in total. The molecular formula is C22H24N4O3. The van der Waals surface area contributed by atoms with Crippen LogP contribution in [-0.2, 0) is 6.54 Å². The predicted molar refractivity (Wildman–Crippen MR) is 113 cm³/mol. The van der Waals surface area contributed by atoms with E-state index in [1.807, 2.05) is 18.2 Å². The molecule has 1 saturated heterocycles. The van der Waals surface area contributed by atoms with Gasteiger partial charge in [-0.05, 0) is 54.8 Å². The highest BCUT2D eigenvalue weighted by molar-refractivity contribution is 5.94. The van der Waals surface area contributed by atoms with Gasteiger partial charge in [-0.2, -0.15) is 0 Å². The van der Waals surface area contributed by atoms with E-state index in [-0.39, 0.29) is 16.7 Å². The van der Waals surface area contributed by atoms with Gasteiger partial charge >= 0.3 is 5.69 Å². The summed E-state index contributed by atoms with van der Waals surface area (Å²) in [6, 6.07) is 15.4. The molecule has 150 valence electrons.